The van der Waals surface area contributed by atoms with Gasteiger partial charge in [0, 0.05) is 18.6 Å². The van der Waals surface area contributed by atoms with Crippen molar-refractivity contribution in [2.45, 2.75) is 58.8 Å². The third kappa shape index (κ3) is 2.76. The topological polar surface area (TPSA) is 30.5 Å². The summed E-state index contributed by atoms with van der Waals surface area (Å²) in [5.74, 6) is 0. The van der Waals surface area contributed by atoms with Crippen LogP contribution < -0.4 is 5.32 Å². The Bertz CT molecular complexity index is 210. The summed E-state index contributed by atoms with van der Waals surface area (Å²) < 4.78 is 11.2. The highest BCUT2D eigenvalue weighted by atomic mass is 16.5. The number of ether oxygens (including phenoxy) is 2. The van der Waals surface area contributed by atoms with Crippen LogP contribution in [-0.2, 0) is 9.47 Å². The molecule has 4 unspecified atom stereocenters. The molecule has 3 nitrogen and oxygen atoms in total. The monoisotopic (exact) mass is 229 g/mol. The molecule has 3 heteroatoms. The molecule has 4 atom stereocenters. The molecule has 0 radical (unpaired) electrons. The lowest BCUT2D eigenvalue weighted by Gasteiger charge is -2.54. The molecule has 1 rings (SSSR count). The molecule has 0 aromatic carbocycles. The summed E-state index contributed by atoms with van der Waals surface area (Å²) in [6.45, 7) is 10.6. The van der Waals surface area contributed by atoms with Gasteiger partial charge < -0.3 is 14.8 Å². The lowest BCUT2D eigenvalue weighted by molar-refractivity contribution is -0.162. The molecule has 96 valence electrons. The summed E-state index contributed by atoms with van der Waals surface area (Å²) in [5.41, 5.74) is 0.290. The predicted octanol–water partition coefficient (Wildman–Crippen LogP) is 2.20. The van der Waals surface area contributed by atoms with Gasteiger partial charge in [-0.15, -0.1) is 0 Å². The summed E-state index contributed by atoms with van der Waals surface area (Å²) in [5, 5.41) is 3.55. The molecular weight excluding hydrogens is 202 g/mol. The van der Waals surface area contributed by atoms with E-state index < -0.39 is 0 Å². The molecule has 0 heterocycles. The Balaban J connectivity index is 2.45. The second-order valence-corrected chi connectivity index (χ2v) is 5.10. The van der Waals surface area contributed by atoms with Crippen LogP contribution in [-0.4, -0.2) is 38.5 Å². The summed E-state index contributed by atoms with van der Waals surface area (Å²) in [6.07, 6.45) is 2.87. The van der Waals surface area contributed by atoms with E-state index in [2.05, 4.69) is 33.0 Å². The van der Waals surface area contributed by atoms with E-state index in [-0.39, 0.29) is 11.5 Å². The number of methoxy groups -OCH3 is 1. The largest absolute Gasteiger partial charge is 0.382 e. The summed E-state index contributed by atoms with van der Waals surface area (Å²) in [6, 6.07) is 0.613. The first-order chi connectivity index (χ1) is 7.58. The van der Waals surface area contributed by atoms with Gasteiger partial charge >= 0.3 is 0 Å². The normalized spacial score (nSPS) is 35.8. The Morgan fingerprint density at radius 2 is 2.12 bits per heavy atom. The van der Waals surface area contributed by atoms with E-state index in [1.807, 2.05) is 0 Å². The minimum atomic E-state index is 0.198. The van der Waals surface area contributed by atoms with Crippen LogP contribution in [0.1, 0.15) is 40.5 Å². The van der Waals surface area contributed by atoms with Crippen molar-refractivity contribution in [2.24, 2.45) is 5.41 Å². The minimum absolute atomic E-state index is 0.198. The van der Waals surface area contributed by atoms with Gasteiger partial charge in [0.2, 0.25) is 0 Å². The molecule has 1 aliphatic carbocycles. The lowest BCUT2D eigenvalue weighted by Crippen LogP contribution is -2.62. The van der Waals surface area contributed by atoms with Crippen molar-refractivity contribution < 1.29 is 9.47 Å². The highest BCUT2D eigenvalue weighted by molar-refractivity contribution is 5.04. The van der Waals surface area contributed by atoms with Gasteiger partial charge in [-0.2, -0.15) is 0 Å². The van der Waals surface area contributed by atoms with Gasteiger partial charge in [-0.25, -0.2) is 0 Å². The Labute approximate surface area is 99.9 Å². The fourth-order valence-electron chi connectivity index (χ4n) is 2.62. The fourth-order valence-corrected chi connectivity index (χ4v) is 2.62. The Kier molecular flexibility index (Phi) is 5.22. The molecule has 0 aromatic rings. The van der Waals surface area contributed by atoms with Crippen molar-refractivity contribution in [3.05, 3.63) is 0 Å². The Morgan fingerprint density at radius 1 is 1.44 bits per heavy atom. The van der Waals surface area contributed by atoms with Gasteiger partial charge in [0.25, 0.3) is 0 Å². The molecule has 0 aromatic heterocycles. The zero-order valence-corrected chi connectivity index (χ0v) is 11.4. The molecule has 1 N–H and O–H groups in total. The van der Waals surface area contributed by atoms with Gasteiger partial charge in [0.15, 0.2) is 0 Å². The van der Waals surface area contributed by atoms with E-state index in [1.165, 1.54) is 0 Å². The van der Waals surface area contributed by atoms with E-state index in [0.717, 1.165) is 19.4 Å². The van der Waals surface area contributed by atoms with Gasteiger partial charge in [-0.1, -0.05) is 20.8 Å². The first-order valence-electron chi connectivity index (χ1n) is 6.46. The van der Waals surface area contributed by atoms with Crippen molar-refractivity contribution in [1.29, 1.82) is 0 Å². The van der Waals surface area contributed by atoms with Crippen LogP contribution in [0.2, 0.25) is 0 Å². The van der Waals surface area contributed by atoms with E-state index >= 15 is 0 Å². The van der Waals surface area contributed by atoms with Crippen LogP contribution in [0.25, 0.3) is 0 Å². The quantitative estimate of drug-likeness (QED) is 0.726. The second-order valence-electron chi connectivity index (χ2n) is 5.10. The molecule has 0 amide bonds. The maximum Gasteiger partial charge on any atom is 0.0784 e. The Hall–Kier alpha value is -0.120. The van der Waals surface area contributed by atoms with E-state index in [0.29, 0.717) is 18.8 Å². The minimum Gasteiger partial charge on any atom is -0.382 e. The van der Waals surface area contributed by atoms with Crippen molar-refractivity contribution in [2.75, 3.05) is 20.3 Å². The first-order valence-corrected chi connectivity index (χ1v) is 6.46. The van der Waals surface area contributed by atoms with Crippen molar-refractivity contribution in [3.63, 3.8) is 0 Å². The predicted molar refractivity (Wildman–Crippen MR) is 66.7 cm³/mol. The fraction of sp³-hybridized carbons (Fsp3) is 1.00. The van der Waals surface area contributed by atoms with Crippen LogP contribution in [0.4, 0.5) is 0 Å². The summed E-state index contributed by atoms with van der Waals surface area (Å²) >= 11 is 0. The number of rotatable bonds is 7. The van der Waals surface area contributed by atoms with Crippen LogP contribution in [0.15, 0.2) is 0 Å². The van der Waals surface area contributed by atoms with Crippen molar-refractivity contribution >= 4 is 0 Å². The number of hydrogen-bond acceptors (Lipinski definition) is 3. The molecular formula is C13H27NO2. The second kappa shape index (κ2) is 5.99. The number of hydrogen-bond donors (Lipinski definition) is 1. The maximum absolute atomic E-state index is 6.04. The average molecular weight is 229 g/mol. The van der Waals surface area contributed by atoms with Crippen molar-refractivity contribution in [1.82, 2.24) is 5.32 Å². The van der Waals surface area contributed by atoms with Crippen molar-refractivity contribution in [3.8, 4) is 0 Å². The van der Waals surface area contributed by atoms with Crippen LogP contribution in [0.5, 0.6) is 0 Å². The lowest BCUT2D eigenvalue weighted by atomic mass is 9.61. The third-order valence-corrected chi connectivity index (χ3v) is 3.99. The molecule has 0 bridgehead atoms. The van der Waals surface area contributed by atoms with E-state index in [1.54, 1.807) is 7.11 Å². The molecule has 16 heavy (non-hydrogen) atoms. The van der Waals surface area contributed by atoms with Gasteiger partial charge in [0.05, 0.1) is 18.8 Å². The zero-order chi connectivity index (χ0) is 12.2. The SMILES string of the molecule is CCNC1CC(OC(C)COC)C1(C)CC. The summed E-state index contributed by atoms with van der Waals surface area (Å²) in [4.78, 5) is 0. The zero-order valence-electron chi connectivity index (χ0n) is 11.4. The number of nitrogens with one attached hydrogen (secondary N) is 1. The molecule has 0 aliphatic heterocycles. The first kappa shape index (κ1) is 13.9. The molecule has 0 saturated heterocycles. The highest BCUT2D eigenvalue weighted by Crippen LogP contribution is 2.46. The molecule has 1 fully saturated rings. The average Bonchev–Trinajstić information content (AvgIpc) is 2.27. The standard InChI is InChI=1S/C13H27NO2/c1-6-13(4)11(14-7-2)8-12(13)16-10(3)9-15-5/h10-12,14H,6-9H2,1-5H3. The van der Waals surface area contributed by atoms with Gasteiger partial charge in [-0.05, 0) is 26.3 Å². The third-order valence-electron chi connectivity index (χ3n) is 3.99. The smallest absolute Gasteiger partial charge is 0.0784 e. The van der Waals surface area contributed by atoms with Crippen LogP contribution in [0, 0.1) is 5.41 Å². The van der Waals surface area contributed by atoms with Crippen LogP contribution in [0.3, 0.4) is 0 Å². The Morgan fingerprint density at radius 3 is 2.62 bits per heavy atom. The molecule has 1 saturated carbocycles. The van der Waals surface area contributed by atoms with Crippen LogP contribution >= 0.6 is 0 Å². The highest BCUT2D eigenvalue weighted by Gasteiger charge is 2.51. The van der Waals surface area contributed by atoms with E-state index in [4.69, 9.17) is 9.47 Å². The van der Waals surface area contributed by atoms with Gasteiger partial charge in [0.1, 0.15) is 0 Å². The molecule has 1 aliphatic rings. The maximum atomic E-state index is 6.04. The van der Waals surface area contributed by atoms with Gasteiger partial charge in [-0.3, -0.25) is 0 Å². The van der Waals surface area contributed by atoms with E-state index in [9.17, 15) is 0 Å². The molecule has 0 spiro atoms. The summed E-state index contributed by atoms with van der Waals surface area (Å²) in [7, 11) is 1.72.